The lowest BCUT2D eigenvalue weighted by atomic mass is 9.97. The fourth-order valence-corrected chi connectivity index (χ4v) is 5.73. The van der Waals surface area contributed by atoms with Crippen LogP contribution < -0.4 is 10.2 Å². The van der Waals surface area contributed by atoms with Crippen LogP contribution in [-0.4, -0.2) is 59.9 Å². The molecule has 0 aliphatic carbocycles. The Morgan fingerprint density at radius 1 is 1.06 bits per heavy atom. The topological polar surface area (TPSA) is 55.8 Å². The molecule has 176 valence electrons. The van der Waals surface area contributed by atoms with Crippen LogP contribution in [0.25, 0.3) is 6.08 Å². The number of rotatable bonds is 8. The molecule has 0 radical (unpaired) electrons. The number of piperazine rings is 1. The largest absolute Gasteiger partial charge is 0.392 e. The Morgan fingerprint density at radius 3 is 2.64 bits per heavy atom. The average Bonchev–Trinajstić information content (AvgIpc) is 2.83. The molecule has 5 nitrogen and oxygen atoms in total. The Kier molecular flexibility index (Phi) is 7.78. The Bertz CT molecular complexity index is 996. The summed E-state index contributed by atoms with van der Waals surface area (Å²) in [7, 11) is 0. The van der Waals surface area contributed by atoms with Gasteiger partial charge in [0.25, 0.3) is 0 Å². The second-order valence-corrected chi connectivity index (χ2v) is 11.0. The predicted molar refractivity (Wildman–Crippen MR) is 138 cm³/mol. The van der Waals surface area contributed by atoms with Crippen LogP contribution in [0.4, 0.5) is 5.69 Å². The van der Waals surface area contributed by atoms with Crippen LogP contribution in [0, 0.1) is 0 Å². The van der Waals surface area contributed by atoms with E-state index in [1.807, 2.05) is 18.2 Å². The molecule has 4 rings (SSSR count). The standard InChI is InChI=1S/C27H35N3O2S/c1-27(2)24(19-22-9-3-4-11-25(22)33-27)26(32)28-12-5-6-13-29-14-16-30(17-15-29)23-10-7-8-21(18-23)20-31/h3-4,7-11,18-19,31H,5-6,12-17,20H2,1-2H3,(H,28,32). The quantitative estimate of drug-likeness (QED) is 0.573. The second kappa shape index (κ2) is 10.8. The molecule has 0 aromatic heterocycles. The third-order valence-corrected chi connectivity index (χ3v) is 7.82. The van der Waals surface area contributed by atoms with Gasteiger partial charge >= 0.3 is 0 Å². The minimum absolute atomic E-state index is 0.0562. The van der Waals surface area contributed by atoms with Crippen molar-refractivity contribution in [3.8, 4) is 0 Å². The van der Waals surface area contributed by atoms with Gasteiger partial charge in [-0.1, -0.05) is 30.3 Å². The van der Waals surface area contributed by atoms with Crippen molar-refractivity contribution < 1.29 is 9.90 Å². The van der Waals surface area contributed by atoms with Gasteiger partial charge < -0.3 is 15.3 Å². The lowest BCUT2D eigenvalue weighted by Gasteiger charge is -2.36. The van der Waals surface area contributed by atoms with Crippen molar-refractivity contribution in [1.29, 1.82) is 0 Å². The van der Waals surface area contributed by atoms with Crippen molar-refractivity contribution in [1.82, 2.24) is 10.2 Å². The van der Waals surface area contributed by atoms with E-state index in [-0.39, 0.29) is 17.3 Å². The molecule has 0 unspecified atom stereocenters. The molecular weight excluding hydrogens is 430 g/mol. The summed E-state index contributed by atoms with van der Waals surface area (Å²) in [4.78, 5) is 19.0. The number of aliphatic hydroxyl groups excluding tert-OH is 1. The first-order valence-corrected chi connectivity index (χ1v) is 12.7. The van der Waals surface area contributed by atoms with E-state index in [0.29, 0.717) is 6.54 Å². The lowest BCUT2D eigenvalue weighted by Crippen LogP contribution is -2.46. The summed E-state index contributed by atoms with van der Waals surface area (Å²) in [5, 5.41) is 12.5. The molecule has 0 saturated carbocycles. The molecular formula is C27H35N3O2S. The van der Waals surface area contributed by atoms with Crippen LogP contribution in [-0.2, 0) is 11.4 Å². The zero-order chi connectivity index (χ0) is 23.3. The van der Waals surface area contributed by atoms with Crippen molar-refractivity contribution >= 4 is 29.4 Å². The minimum Gasteiger partial charge on any atom is -0.392 e. The molecule has 2 heterocycles. The number of carbonyl (C=O) groups is 1. The molecule has 2 aromatic rings. The number of amides is 1. The van der Waals surface area contributed by atoms with Gasteiger partial charge in [-0.3, -0.25) is 9.69 Å². The second-order valence-electron chi connectivity index (χ2n) is 9.33. The number of benzene rings is 2. The summed E-state index contributed by atoms with van der Waals surface area (Å²) in [6, 6.07) is 16.5. The molecule has 2 N–H and O–H groups in total. The molecule has 0 atom stereocenters. The smallest absolute Gasteiger partial charge is 0.248 e. The number of nitrogens with one attached hydrogen (secondary N) is 1. The van der Waals surface area contributed by atoms with Crippen LogP contribution in [0.2, 0.25) is 0 Å². The third kappa shape index (κ3) is 5.99. The van der Waals surface area contributed by atoms with Gasteiger partial charge in [0.05, 0.1) is 6.61 Å². The van der Waals surface area contributed by atoms with E-state index in [4.69, 9.17) is 0 Å². The van der Waals surface area contributed by atoms with Gasteiger partial charge in [-0.2, -0.15) is 0 Å². The predicted octanol–water partition coefficient (Wildman–Crippen LogP) is 4.17. The molecule has 1 saturated heterocycles. The molecule has 2 aliphatic heterocycles. The van der Waals surface area contributed by atoms with Crippen molar-refractivity contribution in [2.24, 2.45) is 0 Å². The first-order chi connectivity index (χ1) is 16.0. The summed E-state index contributed by atoms with van der Waals surface area (Å²) in [5.41, 5.74) is 4.15. The Balaban J connectivity index is 1.18. The monoisotopic (exact) mass is 465 g/mol. The van der Waals surface area contributed by atoms with Gasteiger partial charge in [0, 0.05) is 53.6 Å². The van der Waals surface area contributed by atoms with E-state index >= 15 is 0 Å². The highest BCUT2D eigenvalue weighted by atomic mass is 32.2. The Labute approximate surface area is 201 Å². The first kappa shape index (κ1) is 23.9. The third-order valence-electron chi connectivity index (χ3n) is 6.49. The fraction of sp³-hybridized carbons (Fsp3) is 0.444. The zero-order valence-corrected chi connectivity index (χ0v) is 20.5. The van der Waals surface area contributed by atoms with E-state index in [1.54, 1.807) is 11.8 Å². The maximum Gasteiger partial charge on any atom is 0.248 e. The lowest BCUT2D eigenvalue weighted by molar-refractivity contribution is -0.117. The fourth-order valence-electron chi connectivity index (χ4n) is 4.53. The maximum absolute atomic E-state index is 12.9. The van der Waals surface area contributed by atoms with Crippen LogP contribution in [0.1, 0.15) is 37.8 Å². The van der Waals surface area contributed by atoms with Gasteiger partial charge in [0.2, 0.25) is 5.91 Å². The van der Waals surface area contributed by atoms with Crippen molar-refractivity contribution in [3.63, 3.8) is 0 Å². The highest BCUT2D eigenvalue weighted by Crippen LogP contribution is 2.44. The van der Waals surface area contributed by atoms with E-state index in [1.165, 1.54) is 10.6 Å². The number of carbonyl (C=O) groups excluding carboxylic acids is 1. The normalized spacial score (nSPS) is 17.9. The number of thioether (sulfide) groups is 1. The number of nitrogens with zero attached hydrogens (tertiary/aromatic N) is 2. The molecule has 6 heteroatoms. The highest BCUT2D eigenvalue weighted by Gasteiger charge is 2.33. The highest BCUT2D eigenvalue weighted by molar-refractivity contribution is 8.01. The summed E-state index contributed by atoms with van der Waals surface area (Å²) >= 11 is 1.76. The molecule has 0 spiro atoms. The van der Waals surface area contributed by atoms with Crippen LogP contribution in [0.5, 0.6) is 0 Å². The van der Waals surface area contributed by atoms with Gasteiger partial charge in [-0.05, 0) is 68.6 Å². The van der Waals surface area contributed by atoms with Crippen molar-refractivity contribution in [2.75, 3.05) is 44.2 Å². The van der Waals surface area contributed by atoms with E-state index < -0.39 is 0 Å². The summed E-state index contributed by atoms with van der Waals surface area (Å²) in [6.45, 7) is 10.2. The Hall–Kier alpha value is -2.28. The number of fused-ring (bicyclic) bond motifs is 1. The molecule has 2 aromatic carbocycles. The van der Waals surface area contributed by atoms with E-state index in [9.17, 15) is 9.90 Å². The van der Waals surface area contributed by atoms with Gasteiger partial charge in [0.15, 0.2) is 0 Å². The van der Waals surface area contributed by atoms with Crippen LogP contribution in [0.15, 0.2) is 59.0 Å². The summed E-state index contributed by atoms with van der Waals surface area (Å²) in [5.74, 6) is 0.0562. The number of unbranched alkanes of at least 4 members (excludes halogenated alkanes) is 1. The SMILES string of the molecule is CC1(C)Sc2ccccc2C=C1C(=O)NCCCCN1CCN(c2cccc(CO)c2)CC1. The molecule has 1 amide bonds. The Morgan fingerprint density at radius 2 is 1.85 bits per heavy atom. The molecule has 0 bridgehead atoms. The van der Waals surface area contributed by atoms with Gasteiger partial charge in [0.1, 0.15) is 0 Å². The zero-order valence-electron chi connectivity index (χ0n) is 19.7. The molecule has 1 fully saturated rings. The van der Waals surface area contributed by atoms with E-state index in [0.717, 1.165) is 62.3 Å². The van der Waals surface area contributed by atoms with Gasteiger partial charge in [-0.15, -0.1) is 11.8 Å². The number of hydrogen-bond donors (Lipinski definition) is 2. The maximum atomic E-state index is 12.9. The molecule has 33 heavy (non-hydrogen) atoms. The van der Waals surface area contributed by atoms with Gasteiger partial charge in [-0.25, -0.2) is 0 Å². The molecule has 2 aliphatic rings. The van der Waals surface area contributed by atoms with Crippen molar-refractivity contribution in [3.05, 3.63) is 65.2 Å². The summed E-state index contributed by atoms with van der Waals surface area (Å²) < 4.78 is -0.227. The number of anilines is 1. The van der Waals surface area contributed by atoms with E-state index in [2.05, 4.69) is 65.4 Å². The van der Waals surface area contributed by atoms with Crippen LogP contribution in [0.3, 0.4) is 0 Å². The first-order valence-electron chi connectivity index (χ1n) is 11.9. The number of hydrogen-bond acceptors (Lipinski definition) is 5. The summed E-state index contributed by atoms with van der Waals surface area (Å²) in [6.07, 6.45) is 4.12. The van der Waals surface area contributed by atoms with Crippen molar-refractivity contribution in [2.45, 2.75) is 42.9 Å². The van der Waals surface area contributed by atoms with Crippen LogP contribution >= 0.6 is 11.8 Å². The minimum atomic E-state index is -0.227. The average molecular weight is 466 g/mol. The number of aliphatic hydroxyl groups is 1.